The number of aromatic nitrogens is 4. The highest BCUT2D eigenvalue weighted by Crippen LogP contribution is 2.34. The quantitative estimate of drug-likeness (QED) is 0.0356. The van der Waals surface area contributed by atoms with Crippen LogP contribution in [0.2, 0.25) is 10.0 Å². The summed E-state index contributed by atoms with van der Waals surface area (Å²) in [6.45, 7) is 0. The molecule has 0 aliphatic heterocycles. The number of nitrogens with two attached hydrogens (primary N) is 1. The minimum Gasteiger partial charge on any atom is -0.478 e. The normalized spacial score (nSPS) is 14.3. The van der Waals surface area contributed by atoms with E-state index in [1.807, 2.05) is 36.5 Å². The zero-order valence-corrected chi connectivity index (χ0v) is 34.6. The minimum absolute atomic E-state index is 0.00502. The van der Waals surface area contributed by atoms with E-state index < -0.39 is 11.9 Å². The molecule has 2 aliphatic carbocycles. The van der Waals surface area contributed by atoms with Crippen LogP contribution in [0.1, 0.15) is 77.6 Å². The van der Waals surface area contributed by atoms with Gasteiger partial charge in [-0.3, -0.25) is 20.8 Å². The molecule has 4 aromatic heterocycles. The summed E-state index contributed by atoms with van der Waals surface area (Å²) >= 11 is 22.0. The molecular formula is C42H36Cl2N10O4S2. The van der Waals surface area contributed by atoms with Crippen LogP contribution in [-0.4, -0.2) is 52.4 Å². The van der Waals surface area contributed by atoms with E-state index in [1.165, 1.54) is 41.2 Å². The van der Waals surface area contributed by atoms with Gasteiger partial charge in [-0.05, 0) is 96.6 Å². The molecule has 0 fully saturated rings. The van der Waals surface area contributed by atoms with Crippen LogP contribution in [0.4, 0.5) is 11.6 Å². The molecule has 6 aromatic rings. The number of hydrogen-bond acceptors (Lipinski definition) is 12. The second kappa shape index (κ2) is 20.5. The number of halogens is 2. The topological polar surface area (TPSA) is 213 Å². The van der Waals surface area contributed by atoms with Crippen molar-refractivity contribution in [1.29, 1.82) is 0 Å². The standard InChI is InChI=1S/C21H18ClN5O2S.C15H12N2S.C6H6ClN3O2/c22-16-10-13(20(28)29)11-24-19(16)26-27-21(30)25-18-14-5-2-1-4-12(14)7-8-17-15(18)6-3-9-23-17;18-10-17-15-12-5-2-1-4-11(12)7-8-14-13(15)6-3-9-16-14;7-4-1-3(6(11)12)2-9-5(4)10-8/h1-6,9-11,18H,7-8H2,(H,24,26)(H,28,29)(H2,25,27,30);1-6,9,15H,7-8H2;1-2H,8H2,(H,9,10)(H,11,12). The maximum absolute atomic E-state index is 11.0. The highest BCUT2D eigenvalue weighted by molar-refractivity contribution is 7.80. The number of nitrogen functional groups attached to an aromatic ring is 1. The second-order valence-electron chi connectivity index (χ2n) is 13.1. The number of pyridine rings is 4. The summed E-state index contributed by atoms with van der Waals surface area (Å²) in [6, 6.07) is 27.1. The number of hydrazine groups is 2. The largest absolute Gasteiger partial charge is 0.478 e. The number of hydrogen-bond donors (Lipinski definition) is 7. The Morgan fingerprint density at radius 3 is 1.80 bits per heavy atom. The third-order valence-corrected chi connectivity index (χ3v) is 10.4. The van der Waals surface area contributed by atoms with Crippen molar-refractivity contribution in [2.45, 2.75) is 37.8 Å². The van der Waals surface area contributed by atoms with Crippen molar-refractivity contribution in [2.24, 2.45) is 10.8 Å². The van der Waals surface area contributed by atoms with E-state index in [1.54, 1.807) is 6.20 Å². The molecule has 4 heterocycles. The van der Waals surface area contributed by atoms with Gasteiger partial charge < -0.3 is 21.0 Å². The number of carboxylic acids is 2. The van der Waals surface area contributed by atoms with E-state index in [0.717, 1.165) is 53.8 Å². The Kier molecular flexibility index (Phi) is 14.8. The van der Waals surface area contributed by atoms with Crippen molar-refractivity contribution in [3.05, 3.63) is 176 Å². The smallest absolute Gasteiger partial charge is 0.337 e. The molecular weight excluding hydrogens is 844 g/mol. The zero-order valence-electron chi connectivity index (χ0n) is 31.5. The molecule has 8 N–H and O–H groups in total. The molecule has 14 nitrogen and oxygen atoms in total. The molecule has 0 amide bonds. The van der Waals surface area contributed by atoms with Crippen LogP contribution in [0.25, 0.3) is 0 Å². The summed E-state index contributed by atoms with van der Waals surface area (Å²) in [6.07, 6.45) is 9.76. The Morgan fingerprint density at radius 1 is 0.717 bits per heavy atom. The summed E-state index contributed by atoms with van der Waals surface area (Å²) in [4.78, 5) is 42.5. The average Bonchev–Trinajstić information content (AvgIpc) is 3.52. The van der Waals surface area contributed by atoms with Crippen molar-refractivity contribution in [2.75, 3.05) is 10.9 Å². The number of rotatable bonds is 7. The Morgan fingerprint density at radius 2 is 1.23 bits per heavy atom. The number of anilines is 2. The first-order valence-corrected chi connectivity index (χ1v) is 19.8. The lowest BCUT2D eigenvalue weighted by atomic mass is 9.96. The molecule has 0 saturated heterocycles. The number of aromatic carboxylic acids is 2. The van der Waals surface area contributed by atoms with Crippen LogP contribution >= 0.6 is 47.6 Å². The van der Waals surface area contributed by atoms with Gasteiger partial charge in [-0.15, -0.1) is 0 Å². The van der Waals surface area contributed by atoms with Crippen LogP contribution in [0, 0.1) is 0 Å². The summed E-state index contributed by atoms with van der Waals surface area (Å²) in [5, 5.41) is 24.1. The molecule has 0 bridgehead atoms. The number of carbonyl (C=O) groups is 2. The lowest BCUT2D eigenvalue weighted by Gasteiger charge is -2.23. The average molecular weight is 880 g/mol. The number of benzene rings is 2. The molecule has 60 heavy (non-hydrogen) atoms. The molecule has 304 valence electrons. The maximum Gasteiger partial charge on any atom is 0.337 e. The number of isothiocyanates is 1. The van der Waals surface area contributed by atoms with Crippen molar-refractivity contribution >= 4 is 81.5 Å². The van der Waals surface area contributed by atoms with Crippen LogP contribution in [0.3, 0.4) is 0 Å². The number of nitrogens with one attached hydrogen (secondary N) is 4. The second-order valence-corrected chi connectivity index (χ2v) is 14.5. The molecule has 0 spiro atoms. The highest BCUT2D eigenvalue weighted by Gasteiger charge is 2.25. The lowest BCUT2D eigenvalue weighted by Crippen LogP contribution is -2.41. The van der Waals surface area contributed by atoms with Gasteiger partial charge in [0, 0.05) is 47.3 Å². The van der Waals surface area contributed by atoms with Crippen molar-refractivity contribution < 1.29 is 19.8 Å². The molecule has 2 aliphatic rings. The summed E-state index contributed by atoms with van der Waals surface area (Å²) in [5.41, 5.74) is 17.3. The van der Waals surface area contributed by atoms with E-state index in [2.05, 4.69) is 94.1 Å². The van der Waals surface area contributed by atoms with Crippen LogP contribution in [-0.2, 0) is 25.7 Å². The molecule has 0 radical (unpaired) electrons. The van der Waals surface area contributed by atoms with Crippen molar-refractivity contribution in [3.8, 4) is 0 Å². The van der Waals surface area contributed by atoms with Gasteiger partial charge >= 0.3 is 11.9 Å². The molecule has 2 unspecified atom stereocenters. The molecule has 18 heteroatoms. The Balaban J connectivity index is 0.000000170. The Labute approximate surface area is 365 Å². The fourth-order valence-electron chi connectivity index (χ4n) is 6.68. The highest BCUT2D eigenvalue weighted by atomic mass is 35.5. The van der Waals surface area contributed by atoms with Gasteiger partial charge in [0.05, 0.1) is 32.4 Å². The third-order valence-electron chi connectivity index (χ3n) is 9.50. The molecule has 2 atom stereocenters. The van der Waals surface area contributed by atoms with E-state index >= 15 is 0 Å². The number of carboxylic acid groups (broad SMARTS) is 2. The van der Waals surface area contributed by atoms with Gasteiger partial charge in [-0.25, -0.2) is 30.4 Å². The fraction of sp³-hybridized carbons (Fsp3) is 0.143. The molecule has 0 saturated carbocycles. The van der Waals surface area contributed by atoms with Crippen molar-refractivity contribution in [3.63, 3.8) is 0 Å². The first kappa shape index (κ1) is 43.2. The summed E-state index contributed by atoms with van der Waals surface area (Å²) < 4.78 is 0. The first-order chi connectivity index (χ1) is 29.1. The Bertz CT molecular complexity index is 2500. The maximum atomic E-state index is 11.0. The van der Waals surface area contributed by atoms with Gasteiger partial charge in [0.25, 0.3) is 0 Å². The number of nitrogens with zero attached hydrogens (tertiary/aromatic N) is 5. The SMILES string of the molecule is NNc1ncc(C(=O)O)cc1Cl.O=C(O)c1cnc(NNC(=S)NC2c3ccccc3CCc3ncccc32)c(Cl)c1.S=C=NC1c2ccccc2CCc2ncccc21. The summed E-state index contributed by atoms with van der Waals surface area (Å²) in [5.74, 6) is 3.38. The molecule has 8 rings (SSSR count). The van der Waals surface area contributed by atoms with Gasteiger partial charge in [-0.2, -0.15) is 0 Å². The van der Waals surface area contributed by atoms with Crippen molar-refractivity contribution in [1.82, 2.24) is 30.7 Å². The van der Waals surface area contributed by atoms with E-state index in [-0.39, 0.29) is 44.9 Å². The van der Waals surface area contributed by atoms with Gasteiger partial charge in [0.2, 0.25) is 0 Å². The number of thiocarbonyl (C=S) groups is 2. The first-order valence-electron chi connectivity index (χ1n) is 18.2. The van der Waals surface area contributed by atoms with E-state index in [0.29, 0.717) is 5.11 Å². The summed E-state index contributed by atoms with van der Waals surface area (Å²) in [7, 11) is 0. The predicted octanol–water partition coefficient (Wildman–Crippen LogP) is 7.60. The van der Waals surface area contributed by atoms with Gasteiger partial charge in [-0.1, -0.05) is 83.9 Å². The minimum atomic E-state index is -1.10. The predicted molar refractivity (Wildman–Crippen MR) is 238 cm³/mol. The number of aryl methyl sites for hydroxylation is 4. The van der Waals surface area contributed by atoms with Crippen LogP contribution in [0.15, 0.2) is 115 Å². The number of aliphatic imine (C=N–C) groups is 1. The lowest BCUT2D eigenvalue weighted by molar-refractivity contribution is 0.0685. The fourth-order valence-corrected chi connectivity index (χ4v) is 7.39. The van der Waals surface area contributed by atoms with E-state index in [4.69, 9.17) is 63.7 Å². The molecule has 2 aromatic carbocycles. The number of fused-ring (bicyclic) bond motifs is 4. The monoisotopic (exact) mass is 878 g/mol. The van der Waals surface area contributed by atoms with E-state index in [9.17, 15) is 9.59 Å². The van der Waals surface area contributed by atoms with Crippen LogP contribution < -0.4 is 27.4 Å². The van der Waals surface area contributed by atoms with Crippen LogP contribution in [0.5, 0.6) is 0 Å². The van der Waals surface area contributed by atoms with Gasteiger partial charge in [0.15, 0.2) is 16.7 Å². The third kappa shape index (κ3) is 10.6. The van der Waals surface area contributed by atoms with Gasteiger partial charge in [0.1, 0.15) is 6.04 Å². The Hall–Kier alpha value is -6.39. The zero-order chi connectivity index (χ0) is 42.6.